The van der Waals surface area contributed by atoms with Crippen molar-refractivity contribution in [3.05, 3.63) is 53.3 Å². The lowest BCUT2D eigenvalue weighted by molar-refractivity contribution is -0.162. The van der Waals surface area contributed by atoms with Crippen molar-refractivity contribution in [2.24, 2.45) is 0 Å². The summed E-state index contributed by atoms with van der Waals surface area (Å²) >= 11 is 5.85. The molecular formula is C18H15ClFNO5. The highest BCUT2D eigenvalue weighted by atomic mass is 35.5. The summed E-state index contributed by atoms with van der Waals surface area (Å²) in [6, 6.07) is 10.5. The van der Waals surface area contributed by atoms with Crippen LogP contribution in [-0.4, -0.2) is 30.7 Å². The third-order valence-electron chi connectivity index (χ3n) is 3.62. The molecule has 1 N–H and O–H groups in total. The van der Waals surface area contributed by atoms with Crippen LogP contribution < -0.4 is 14.8 Å². The summed E-state index contributed by atoms with van der Waals surface area (Å²) in [4.78, 5) is 24.4. The van der Waals surface area contributed by atoms with E-state index in [0.29, 0.717) is 11.5 Å². The summed E-state index contributed by atoms with van der Waals surface area (Å²) in [5.74, 6) is -0.900. The van der Waals surface area contributed by atoms with E-state index in [1.165, 1.54) is 13.0 Å². The molecule has 1 aliphatic heterocycles. The molecule has 136 valence electrons. The van der Waals surface area contributed by atoms with Gasteiger partial charge in [-0.05, 0) is 37.3 Å². The number of anilines is 1. The molecule has 0 bridgehead atoms. The number of rotatable bonds is 4. The predicted octanol–water partition coefficient (Wildman–Crippen LogP) is 3.19. The van der Waals surface area contributed by atoms with Crippen LogP contribution in [0.15, 0.2) is 42.5 Å². The van der Waals surface area contributed by atoms with Crippen LogP contribution >= 0.6 is 11.6 Å². The number of hydrogen-bond donors (Lipinski definition) is 1. The Hall–Kier alpha value is -2.80. The van der Waals surface area contributed by atoms with Crippen LogP contribution in [0.3, 0.4) is 0 Å². The highest BCUT2D eigenvalue weighted by Gasteiger charge is 2.31. The van der Waals surface area contributed by atoms with Crippen LogP contribution in [-0.2, 0) is 14.3 Å². The summed E-state index contributed by atoms with van der Waals surface area (Å²) in [6.07, 6.45) is -2.08. The predicted molar refractivity (Wildman–Crippen MR) is 91.9 cm³/mol. The lowest BCUT2D eigenvalue weighted by Crippen LogP contribution is -2.41. The van der Waals surface area contributed by atoms with Crippen molar-refractivity contribution >= 4 is 29.2 Å². The number of amides is 1. The molecule has 0 spiro atoms. The molecule has 1 amide bonds. The van der Waals surface area contributed by atoms with Gasteiger partial charge in [-0.25, -0.2) is 9.18 Å². The minimum atomic E-state index is -1.11. The Kier molecular flexibility index (Phi) is 5.27. The van der Waals surface area contributed by atoms with Crippen molar-refractivity contribution in [2.75, 3.05) is 11.9 Å². The lowest BCUT2D eigenvalue weighted by atomic mass is 10.2. The van der Waals surface area contributed by atoms with Crippen LogP contribution in [0.2, 0.25) is 5.02 Å². The molecule has 8 heteroatoms. The van der Waals surface area contributed by atoms with Gasteiger partial charge in [-0.2, -0.15) is 0 Å². The molecule has 6 nitrogen and oxygen atoms in total. The Bertz CT molecular complexity index is 844. The standard InChI is InChI=1S/C18H15ClFNO5/c1-10(17(22)21-13-7-6-11(20)8-12(13)19)25-18(23)16-9-24-14-4-2-3-5-15(14)26-16/h2-8,10,16H,9H2,1H3,(H,21,22)/t10-,16+/m0/s1. The summed E-state index contributed by atoms with van der Waals surface area (Å²) in [6.45, 7) is 1.39. The number of esters is 1. The van der Waals surface area contributed by atoms with Crippen molar-refractivity contribution in [1.29, 1.82) is 0 Å². The zero-order valence-corrected chi connectivity index (χ0v) is 14.5. The van der Waals surface area contributed by atoms with Crippen molar-refractivity contribution in [1.82, 2.24) is 0 Å². The number of nitrogens with one attached hydrogen (secondary N) is 1. The van der Waals surface area contributed by atoms with Gasteiger partial charge in [-0.1, -0.05) is 23.7 Å². The van der Waals surface area contributed by atoms with E-state index in [1.807, 2.05) is 0 Å². The zero-order valence-electron chi connectivity index (χ0n) is 13.7. The van der Waals surface area contributed by atoms with Crippen molar-refractivity contribution in [3.8, 4) is 11.5 Å². The lowest BCUT2D eigenvalue weighted by Gasteiger charge is -2.25. The molecular weight excluding hydrogens is 365 g/mol. The van der Waals surface area contributed by atoms with Crippen LogP contribution in [0, 0.1) is 5.82 Å². The third kappa shape index (κ3) is 4.05. The minimum absolute atomic E-state index is 0.0199. The Morgan fingerprint density at radius 2 is 2.00 bits per heavy atom. The number of fused-ring (bicyclic) bond motifs is 1. The second-order valence-electron chi connectivity index (χ2n) is 5.56. The monoisotopic (exact) mass is 379 g/mol. The second kappa shape index (κ2) is 7.61. The van der Waals surface area contributed by atoms with Gasteiger partial charge in [0.1, 0.15) is 12.4 Å². The van der Waals surface area contributed by atoms with Crippen molar-refractivity contribution < 1.29 is 28.2 Å². The molecule has 0 fully saturated rings. The second-order valence-corrected chi connectivity index (χ2v) is 5.96. The highest BCUT2D eigenvalue weighted by Crippen LogP contribution is 2.31. The average Bonchev–Trinajstić information content (AvgIpc) is 2.63. The number of para-hydroxylation sites is 2. The number of carbonyl (C=O) groups excluding carboxylic acids is 2. The van der Waals surface area contributed by atoms with Crippen molar-refractivity contribution in [2.45, 2.75) is 19.1 Å². The number of ether oxygens (including phenoxy) is 3. The Morgan fingerprint density at radius 3 is 2.73 bits per heavy atom. The zero-order chi connectivity index (χ0) is 18.7. The molecule has 3 rings (SSSR count). The number of halogens is 2. The molecule has 0 aromatic heterocycles. The van der Waals surface area contributed by atoms with Gasteiger partial charge in [0.25, 0.3) is 5.91 Å². The van der Waals surface area contributed by atoms with Gasteiger partial charge < -0.3 is 19.5 Å². The van der Waals surface area contributed by atoms with E-state index in [-0.39, 0.29) is 17.3 Å². The summed E-state index contributed by atoms with van der Waals surface area (Å²) in [5.41, 5.74) is 0.215. The van der Waals surface area contributed by atoms with Gasteiger partial charge in [-0.15, -0.1) is 0 Å². The average molecular weight is 380 g/mol. The van der Waals surface area contributed by atoms with Gasteiger partial charge in [0.2, 0.25) is 6.10 Å². The fraction of sp³-hybridized carbons (Fsp3) is 0.222. The van der Waals surface area contributed by atoms with E-state index in [9.17, 15) is 14.0 Å². The van der Waals surface area contributed by atoms with Gasteiger partial charge in [0.15, 0.2) is 17.6 Å². The third-order valence-corrected chi connectivity index (χ3v) is 3.94. The van der Waals surface area contributed by atoms with E-state index in [2.05, 4.69) is 5.32 Å². The molecule has 1 heterocycles. The molecule has 0 saturated carbocycles. The molecule has 0 radical (unpaired) electrons. The molecule has 2 aromatic carbocycles. The maximum absolute atomic E-state index is 13.0. The molecule has 1 aliphatic rings. The first-order valence-corrected chi connectivity index (χ1v) is 8.16. The Morgan fingerprint density at radius 1 is 1.27 bits per heavy atom. The van der Waals surface area contributed by atoms with E-state index >= 15 is 0 Å². The smallest absolute Gasteiger partial charge is 0.351 e. The summed E-state index contributed by atoms with van der Waals surface area (Å²) in [7, 11) is 0. The maximum atomic E-state index is 13.0. The SMILES string of the molecule is C[C@H](OC(=O)[C@H]1COc2ccccc2O1)C(=O)Nc1ccc(F)cc1Cl. The normalized spacial score (nSPS) is 16.5. The first-order valence-electron chi connectivity index (χ1n) is 7.79. The van der Waals surface area contributed by atoms with Gasteiger partial charge >= 0.3 is 5.97 Å². The van der Waals surface area contributed by atoms with Crippen molar-refractivity contribution in [3.63, 3.8) is 0 Å². The quantitative estimate of drug-likeness (QED) is 0.826. The maximum Gasteiger partial charge on any atom is 0.351 e. The van der Waals surface area contributed by atoms with Crippen LogP contribution in [0.5, 0.6) is 11.5 Å². The largest absolute Gasteiger partial charge is 0.485 e. The highest BCUT2D eigenvalue weighted by molar-refractivity contribution is 6.33. The van der Waals surface area contributed by atoms with E-state index < -0.39 is 29.9 Å². The fourth-order valence-corrected chi connectivity index (χ4v) is 2.48. The first kappa shape index (κ1) is 18.0. The fourth-order valence-electron chi connectivity index (χ4n) is 2.26. The molecule has 2 aromatic rings. The summed E-state index contributed by atoms with van der Waals surface area (Å²) in [5, 5.41) is 2.51. The molecule has 0 aliphatic carbocycles. The van der Waals surface area contributed by atoms with Gasteiger partial charge in [-0.3, -0.25) is 4.79 Å². The number of carbonyl (C=O) groups is 2. The minimum Gasteiger partial charge on any atom is -0.485 e. The van der Waals surface area contributed by atoms with E-state index in [4.69, 9.17) is 25.8 Å². The first-order chi connectivity index (χ1) is 12.4. The molecule has 0 unspecified atom stereocenters. The van der Waals surface area contributed by atoms with E-state index in [0.717, 1.165) is 12.1 Å². The number of hydrogen-bond acceptors (Lipinski definition) is 5. The van der Waals surface area contributed by atoms with Gasteiger partial charge in [0.05, 0.1) is 10.7 Å². The summed E-state index contributed by atoms with van der Waals surface area (Å²) < 4.78 is 29.1. The van der Waals surface area contributed by atoms with Gasteiger partial charge in [0, 0.05) is 0 Å². The molecule has 26 heavy (non-hydrogen) atoms. The Balaban J connectivity index is 1.58. The topological polar surface area (TPSA) is 73.9 Å². The van der Waals surface area contributed by atoms with Crippen LogP contribution in [0.25, 0.3) is 0 Å². The Labute approximate surface area is 153 Å². The molecule has 0 saturated heterocycles. The number of benzene rings is 2. The van der Waals surface area contributed by atoms with Crippen LogP contribution in [0.4, 0.5) is 10.1 Å². The van der Waals surface area contributed by atoms with Crippen LogP contribution in [0.1, 0.15) is 6.92 Å². The van der Waals surface area contributed by atoms with E-state index in [1.54, 1.807) is 24.3 Å². The molecule has 2 atom stereocenters.